The molecular formula is C19H26N2O5S. The second-order valence-electron chi connectivity index (χ2n) is 6.16. The molecule has 0 amide bonds. The van der Waals surface area contributed by atoms with E-state index >= 15 is 0 Å². The van der Waals surface area contributed by atoms with Crippen LogP contribution < -0.4 is 24.2 Å². The highest BCUT2D eigenvalue weighted by atomic mass is 32.2. The molecule has 0 spiro atoms. The molecule has 0 saturated carbocycles. The Labute approximate surface area is 160 Å². The maximum absolute atomic E-state index is 11.9. The summed E-state index contributed by atoms with van der Waals surface area (Å²) in [6.07, 6.45) is 0. The van der Waals surface area contributed by atoms with Crippen molar-refractivity contribution in [1.82, 2.24) is 0 Å². The molecule has 0 aliphatic rings. The Hall–Kier alpha value is -2.61. The Morgan fingerprint density at radius 2 is 1.44 bits per heavy atom. The van der Waals surface area contributed by atoms with E-state index in [0.29, 0.717) is 29.5 Å². The van der Waals surface area contributed by atoms with Crippen molar-refractivity contribution in [3.8, 4) is 17.2 Å². The first-order chi connectivity index (χ1) is 12.8. The standard InChI is InChI=1S/C19H26N2O5S/c1-13(2)27(22,23)21-15-8-6-14(7-9-15)12-20-16-10-17(24-3)19(26-5)18(11-16)25-4/h6-11,13,20-21H,12H2,1-5H3. The monoisotopic (exact) mass is 394 g/mol. The van der Waals surface area contributed by atoms with E-state index < -0.39 is 15.3 Å². The first-order valence-corrected chi connectivity index (χ1v) is 9.99. The van der Waals surface area contributed by atoms with Crippen LogP contribution in [0.4, 0.5) is 11.4 Å². The summed E-state index contributed by atoms with van der Waals surface area (Å²) in [6.45, 7) is 3.83. The Bertz CT molecular complexity index is 839. The van der Waals surface area contributed by atoms with Crippen LogP contribution in [0.25, 0.3) is 0 Å². The summed E-state index contributed by atoms with van der Waals surface area (Å²) in [5, 5.41) is 2.81. The number of nitrogens with one attached hydrogen (secondary N) is 2. The number of benzene rings is 2. The molecule has 2 aromatic carbocycles. The second-order valence-corrected chi connectivity index (χ2v) is 8.40. The van der Waals surface area contributed by atoms with Gasteiger partial charge >= 0.3 is 0 Å². The smallest absolute Gasteiger partial charge is 0.235 e. The number of hydrogen-bond acceptors (Lipinski definition) is 6. The van der Waals surface area contributed by atoms with E-state index in [1.807, 2.05) is 24.3 Å². The zero-order valence-electron chi connectivity index (χ0n) is 16.2. The van der Waals surface area contributed by atoms with Gasteiger partial charge in [-0.1, -0.05) is 12.1 Å². The number of sulfonamides is 1. The Morgan fingerprint density at radius 1 is 0.889 bits per heavy atom. The summed E-state index contributed by atoms with van der Waals surface area (Å²) < 4.78 is 42.4. The van der Waals surface area contributed by atoms with Gasteiger partial charge < -0.3 is 19.5 Å². The van der Waals surface area contributed by atoms with Gasteiger partial charge in [0.15, 0.2) is 11.5 Å². The van der Waals surface area contributed by atoms with Crippen molar-refractivity contribution < 1.29 is 22.6 Å². The number of rotatable bonds is 9. The van der Waals surface area contributed by atoms with Crippen LogP contribution >= 0.6 is 0 Å². The van der Waals surface area contributed by atoms with Gasteiger partial charge in [0, 0.05) is 30.1 Å². The Morgan fingerprint density at radius 3 is 1.89 bits per heavy atom. The van der Waals surface area contributed by atoms with Crippen LogP contribution in [0.15, 0.2) is 36.4 Å². The highest BCUT2D eigenvalue weighted by Crippen LogP contribution is 2.40. The van der Waals surface area contributed by atoms with Crippen molar-refractivity contribution in [2.75, 3.05) is 31.4 Å². The summed E-state index contributed by atoms with van der Waals surface area (Å²) in [4.78, 5) is 0. The average molecular weight is 394 g/mol. The first-order valence-electron chi connectivity index (χ1n) is 8.45. The molecule has 0 aliphatic carbocycles. The molecular weight excluding hydrogens is 368 g/mol. The lowest BCUT2D eigenvalue weighted by Crippen LogP contribution is -2.22. The predicted octanol–water partition coefficient (Wildman–Crippen LogP) is 3.47. The fraction of sp³-hybridized carbons (Fsp3) is 0.368. The fourth-order valence-electron chi connectivity index (χ4n) is 2.36. The third-order valence-corrected chi connectivity index (χ3v) is 5.76. The van der Waals surface area contributed by atoms with E-state index in [2.05, 4.69) is 10.0 Å². The van der Waals surface area contributed by atoms with Gasteiger partial charge in [-0.15, -0.1) is 0 Å². The molecule has 148 valence electrons. The molecule has 0 fully saturated rings. The van der Waals surface area contributed by atoms with Gasteiger partial charge in [-0.25, -0.2) is 8.42 Å². The summed E-state index contributed by atoms with van der Waals surface area (Å²) in [7, 11) is 1.35. The highest BCUT2D eigenvalue weighted by molar-refractivity contribution is 7.93. The minimum absolute atomic E-state index is 0.487. The molecule has 0 saturated heterocycles. The molecule has 0 unspecified atom stereocenters. The van der Waals surface area contributed by atoms with E-state index in [9.17, 15) is 8.42 Å². The molecule has 0 aliphatic heterocycles. The summed E-state index contributed by atoms with van der Waals surface area (Å²) in [5.41, 5.74) is 2.35. The molecule has 0 bridgehead atoms. The minimum atomic E-state index is -3.35. The third kappa shape index (κ3) is 5.19. The van der Waals surface area contributed by atoms with Crippen LogP contribution in [-0.4, -0.2) is 35.0 Å². The first kappa shape index (κ1) is 20.7. The van der Waals surface area contributed by atoms with Gasteiger partial charge in [0.25, 0.3) is 0 Å². The van der Waals surface area contributed by atoms with E-state index in [0.717, 1.165) is 11.3 Å². The fourth-order valence-corrected chi connectivity index (χ4v) is 3.06. The molecule has 7 nitrogen and oxygen atoms in total. The topological polar surface area (TPSA) is 85.9 Å². The quantitative estimate of drug-likeness (QED) is 0.677. The number of ether oxygens (including phenoxy) is 3. The van der Waals surface area contributed by atoms with Crippen LogP contribution in [0.1, 0.15) is 19.4 Å². The van der Waals surface area contributed by atoms with E-state index in [-0.39, 0.29) is 0 Å². The van der Waals surface area contributed by atoms with Crippen LogP contribution in [0.3, 0.4) is 0 Å². The minimum Gasteiger partial charge on any atom is -0.493 e. The van der Waals surface area contributed by atoms with Crippen molar-refractivity contribution in [3.63, 3.8) is 0 Å². The van der Waals surface area contributed by atoms with Crippen LogP contribution in [0, 0.1) is 0 Å². The molecule has 27 heavy (non-hydrogen) atoms. The van der Waals surface area contributed by atoms with Crippen LogP contribution in [0.5, 0.6) is 17.2 Å². The van der Waals surface area contributed by atoms with Crippen molar-refractivity contribution in [3.05, 3.63) is 42.0 Å². The molecule has 0 atom stereocenters. The number of anilines is 2. The summed E-state index contributed by atoms with van der Waals surface area (Å²) in [5.74, 6) is 1.67. The third-order valence-electron chi connectivity index (χ3n) is 4.00. The van der Waals surface area contributed by atoms with Crippen molar-refractivity contribution >= 4 is 21.4 Å². The molecule has 2 rings (SSSR count). The van der Waals surface area contributed by atoms with Crippen molar-refractivity contribution in [2.24, 2.45) is 0 Å². The lowest BCUT2D eigenvalue weighted by atomic mass is 10.2. The van der Waals surface area contributed by atoms with Gasteiger partial charge in [-0.3, -0.25) is 4.72 Å². The zero-order chi connectivity index (χ0) is 20.0. The summed E-state index contributed by atoms with van der Waals surface area (Å²) in [6, 6.07) is 10.9. The molecule has 0 aromatic heterocycles. The van der Waals surface area contributed by atoms with Crippen LogP contribution in [0.2, 0.25) is 0 Å². The normalized spacial score (nSPS) is 11.2. The lowest BCUT2D eigenvalue weighted by molar-refractivity contribution is 0.324. The SMILES string of the molecule is COc1cc(NCc2ccc(NS(=O)(=O)C(C)C)cc2)cc(OC)c1OC. The van der Waals surface area contributed by atoms with E-state index in [1.54, 1.807) is 47.3 Å². The molecule has 0 heterocycles. The lowest BCUT2D eigenvalue weighted by Gasteiger charge is -2.15. The van der Waals surface area contributed by atoms with Crippen molar-refractivity contribution in [1.29, 1.82) is 0 Å². The largest absolute Gasteiger partial charge is 0.493 e. The van der Waals surface area contributed by atoms with Gasteiger partial charge in [-0.2, -0.15) is 0 Å². The highest BCUT2D eigenvalue weighted by Gasteiger charge is 2.15. The number of hydrogen-bond donors (Lipinski definition) is 2. The van der Waals surface area contributed by atoms with Crippen molar-refractivity contribution in [2.45, 2.75) is 25.6 Å². The maximum Gasteiger partial charge on any atom is 0.235 e. The Balaban J connectivity index is 2.09. The van der Waals surface area contributed by atoms with E-state index in [1.165, 1.54) is 0 Å². The Kier molecular flexibility index (Phi) is 6.79. The molecule has 2 aromatic rings. The van der Waals surface area contributed by atoms with E-state index in [4.69, 9.17) is 14.2 Å². The molecule has 2 N–H and O–H groups in total. The van der Waals surface area contributed by atoms with Gasteiger partial charge in [0.1, 0.15) is 0 Å². The molecule has 0 radical (unpaired) electrons. The predicted molar refractivity (Wildman–Crippen MR) is 108 cm³/mol. The van der Waals surface area contributed by atoms with Gasteiger partial charge in [0.05, 0.1) is 26.6 Å². The average Bonchev–Trinajstić information content (AvgIpc) is 2.66. The number of methoxy groups -OCH3 is 3. The molecule has 8 heteroatoms. The second kappa shape index (κ2) is 8.85. The summed E-state index contributed by atoms with van der Waals surface area (Å²) >= 11 is 0. The van der Waals surface area contributed by atoms with Gasteiger partial charge in [0.2, 0.25) is 15.8 Å². The maximum atomic E-state index is 11.9. The van der Waals surface area contributed by atoms with Crippen LogP contribution in [-0.2, 0) is 16.6 Å². The zero-order valence-corrected chi connectivity index (χ0v) is 17.0. The van der Waals surface area contributed by atoms with Gasteiger partial charge in [-0.05, 0) is 31.5 Å².